The van der Waals surface area contributed by atoms with Crippen LogP contribution in [-0.4, -0.2) is 31.1 Å². The molecule has 1 saturated heterocycles. The lowest BCUT2D eigenvalue weighted by Crippen LogP contribution is -2.60. The van der Waals surface area contributed by atoms with E-state index < -0.39 is 0 Å². The number of nitrogens with zero attached hydrogens (tertiary/aromatic N) is 1. The van der Waals surface area contributed by atoms with E-state index in [1.54, 1.807) is 0 Å². The van der Waals surface area contributed by atoms with Gasteiger partial charge in [0.2, 0.25) is 5.91 Å². The SMILES string of the molecule is CCc1ccccc1N1C(C)CNC(=O)C1CCN. The maximum Gasteiger partial charge on any atom is 0.242 e. The van der Waals surface area contributed by atoms with Crippen molar-refractivity contribution in [3.05, 3.63) is 29.8 Å². The number of rotatable bonds is 4. The Bertz CT molecular complexity index is 447. The number of nitrogens with two attached hydrogens (primary N) is 1. The van der Waals surface area contributed by atoms with Gasteiger partial charge in [-0.25, -0.2) is 0 Å². The Morgan fingerprint density at radius 3 is 2.84 bits per heavy atom. The van der Waals surface area contributed by atoms with Crippen LogP contribution >= 0.6 is 0 Å². The summed E-state index contributed by atoms with van der Waals surface area (Å²) in [6.07, 6.45) is 1.66. The van der Waals surface area contributed by atoms with Crippen LogP contribution in [0.1, 0.15) is 25.8 Å². The van der Waals surface area contributed by atoms with Gasteiger partial charge >= 0.3 is 0 Å². The highest BCUT2D eigenvalue weighted by Crippen LogP contribution is 2.28. The molecule has 0 aromatic heterocycles. The fourth-order valence-electron chi connectivity index (χ4n) is 2.79. The third kappa shape index (κ3) is 2.73. The lowest BCUT2D eigenvalue weighted by molar-refractivity contribution is -0.123. The van der Waals surface area contributed by atoms with E-state index in [0.29, 0.717) is 25.6 Å². The third-order valence-corrected chi connectivity index (χ3v) is 3.78. The molecule has 2 unspecified atom stereocenters. The molecule has 0 radical (unpaired) electrons. The number of benzene rings is 1. The van der Waals surface area contributed by atoms with Gasteiger partial charge < -0.3 is 16.0 Å². The number of para-hydroxylation sites is 1. The molecular weight excluding hydrogens is 238 g/mol. The van der Waals surface area contributed by atoms with Gasteiger partial charge in [-0.05, 0) is 37.9 Å². The fraction of sp³-hybridized carbons (Fsp3) is 0.533. The predicted molar refractivity (Wildman–Crippen MR) is 78.2 cm³/mol. The number of anilines is 1. The maximum absolute atomic E-state index is 12.1. The van der Waals surface area contributed by atoms with Gasteiger partial charge in [0, 0.05) is 18.3 Å². The molecule has 1 aromatic carbocycles. The van der Waals surface area contributed by atoms with Crippen molar-refractivity contribution < 1.29 is 4.79 Å². The quantitative estimate of drug-likeness (QED) is 0.858. The van der Waals surface area contributed by atoms with Crippen molar-refractivity contribution in [3.8, 4) is 0 Å². The number of carbonyl (C=O) groups is 1. The Balaban J connectivity index is 2.39. The second-order valence-electron chi connectivity index (χ2n) is 5.08. The number of carbonyl (C=O) groups excluding carboxylic acids is 1. The number of nitrogens with one attached hydrogen (secondary N) is 1. The Kier molecular flexibility index (Phi) is 4.43. The van der Waals surface area contributed by atoms with Crippen molar-refractivity contribution in [2.45, 2.75) is 38.8 Å². The minimum atomic E-state index is -0.151. The maximum atomic E-state index is 12.1. The molecule has 1 aliphatic heterocycles. The third-order valence-electron chi connectivity index (χ3n) is 3.78. The minimum Gasteiger partial charge on any atom is -0.355 e. The van der Waals surface area contributed by atoms with E-state index in [-0.39, 0.29) is 11.9 Å². The molecule has 2 rings (SSSR count). The van der Waals surface area contributed by atoms with Gasteiger partial charge in [0.15, 0.2) is 0 Å². The summed E-state index contributed by atoms with van der Waals surface area (Å²) < 4.78 is 0. The number of piperazine rings is 1. The standard InChI is InChI=1S/C15H23N3O/c1-3-12-6-4-5-7-13(12)18-11(2)10-17-15(19)14(18)8-9-16/h4-7,11,14H,3,8-10,16H2,1-2H3,(H,17,19). The Morgan fingerprint density at radius 1 is 1.42 bits per heavy atom. The molecular formula is C15H23N3O. The smallest absolute Gasteiger partial charge is 0.242 e. The average Bonchev–Trinajstić information content (AvgIpc) is 2.43. The van der Waals surface area contributed by atoms with Crippen molar-refractivity contribution in [2.75, 3.05) is 18.0 Å². The summed E-state index contributed by atoms with van der Waals surface area (Å²) in [6, 6.07) is 8.47. The lowest BCUT2D eigenvalue weighted by Gasteiger charge is -2.42. The van der Waals surface area contributed by atoms with Crippen molar-refractivity contribution in [3.63, 3.8) is 0 Å². The van der Waals surface area contributed by atoms with Crippen LogP contribution in [0.25, 0.3) is 0 Å². The van der Waals surface area contributed by atoms with E-state index in [1.807, 2.05) is 6.07 Å². The van der Waals surface area contributed by atoms with E-state index in [4.69, 9.17) is 5.73 Å². The van der Waals surface area contributed by atoms with Crippen LogP contribution < -0.4 is 16.0 Å². The van der Waals surface area contributed by atoms with Crippen LogP contribution in [0.5, 0.6) is 0 Å². The molecule has 0 bridgehead atoms. The highest BCUT2D eigenvalue weighted by atomic mass is 16.2. The largest absolute Gasteiger partial charge is 0.355 e. The van der Waals surface area contributed by atoms with Gasteiger partial charge in [-0.15, -0.1) is 0 Å². The zero-order valence-corrected chi connectivity index (χ0v) is 11.7. The summed E-state index contributed by atoms with van der Waals surface area (Å²) in [5.74, 6) is 0.0921. The molecule has 4 nitrogen and oxygen atoms in total. The predicted octanol–water partition coefficient (Wildman–Crippen LogP) is 1.29. The summed E-state index contributed by atoms with van der Waals surface area (Å²) >= 11 is 0. The summed E-state index contributed by atoms with van der Waals surface area (Å²) in [7, 11) is 0. The molecule has 104 valence electrons. The van der Waals surface area contributed by atoms with Crippen molar-refractivity contribution in [1.82, 2.24) is 5.32 Å². The Hall–Kier alpha value is -1.55. The van der Waals surface area contributed by atoms with Gasteiger partial charge in [0.05, 0.1) is 0 Å². The van der Waals surface area contributed by atoms with Gasteiger partial charge in [-0.3, -0.25) is 4.79 Å². The van der Waals surface area contributed by atoms with Crippen LogP contribution in [0.4, 0.5) is 5.69 Å². The Morgan fingerprint density at radius 2 is 2.16 bits per heavy atom. The van der Waals surface area contributed by atoms with Crippen molar-refractivity contribution in [1.29, 1.82) is 0 Å². The van der Waals surface area contributed by atoms with Crippen LogP contribution in [0.2, 0.25) is 0 Å². The second kappa shape index (κ2) is 6.06. The molecule has 1 aliphatic rings. The molecule has 2 atom stereocenters. The average molecular weight is 261 g/mol. The van der Waals surface area contributed by atoms with E-state index in [2.05, 4.69) is 42.3 Å². The van der Waals surface area contributed by atoms with Gasteiger partial charge in [0.1, 0.15) is 6.04 Å². The molecule has 3 N–H and O–H groups in total. The second-order valence-corrected chi connectivity index (χ2v) is 5.08. The van der Waals surface area contributed by atoms with Crippen LogP contribution in [-0.2, 0) is 11.2 Å². The zero-order valence-electron chi connectivity index (χ0n) is 11.7. The first-order chi connectivity index (χ1) is 9.19. The summed E-state index contributed by atoms with van der Waals surface area (Å²) in [5.41, 5.74) is 8.13. The molecule has 0 spiro atoms. The fourth-order valence-corrected chi connectivity index (χ4v) is 2.79. The number of hydrogen-bond donors (Lipinski definition) is 2. The van der Waals surface area contributed by atoms with Gasteiger partial charge in [0.25, 0.3) is 0 Å². The summed E-state index contributed by atoms with van der Waals surface area (Å²) in [4.78, 5) is 14.3. The van der Waals surface area contributed by atoms with Crippen LogP contribution in [0, 0.1) is 0 Å². The van der Waals surface area contributed by atoms with E-state index >= 15 is 0 Å². The monoisotopic (exact) mass is 261 g/mol. The summed E-state index contributed by atoms with van der Waals surface area (Å²) in [5, 5.41) is 2.97. The lowest BCUT2D eigenvalue weighted by atomic mass is 10.0. The topological polar surface area (TPSA) is 58.4 Å². The van der Waals surface area contributed by atoms with Crippen molar-refractivity contribution in [2.24, 2.45) is 5.73 Å². The molecule has 4 heteroatoms. The summed E-state index contributed by atoms with van der Waals surface area (Å²) in [6.45, 7) is 5.51. The van der Waals surface area contributed by atoms with Crippen LogP contribution in [0.3, 0.4) is 0 Å². The normalized spacial score (nSPS) is 23.3. The first-order valence-electron chi connectivity index (χ1n) is 7.03. The zero-order chi connectivity index (χ0) is 13.8. The molecule has 0 saturated carbocycles. The molecule has 1 aromatic rings. The molecule has 1 fully saturated rings. The van der Waals surface area contributed by atoms with Crippen LogP contribution in [0.15, 0.2) is 24.3 Å². The first-order valence-corrected chi connectivity index (χ1v) is 7.03. The molecule has 19 heavy (non-hydrogen) atoms. The highest BCUT2D eigenvalue weighted by Gasteiger charge is 2.34. The Labute approximate surface area is 115 Å². The number of amides is 1. The molecule has 0 aliphatic carbocycles. The minimum absolute atomic E-state index is 0.0921. The van der Waals surface area contributed by atoms with E-state index in [9.17, 15) is 4.79 Å². The first kappa shape index (κ1) is 13.9. The van der Waals surface area contributed by atoms with E-state index in [1.165, 1.54) is 11.3 Å². The van der Waals surface area contributed by atoms with Crippen molar-refractivity contribution >= 4 is 11.6 Å². The van der Waals surface area contributed by atoms with Gasteiger partial charge in [-0.2, -0.15) is 0 Å². The van der Waals surface area contributed by atoms with Gasteiger partial charge in [-0.1, -0.05) is 25.1 Å². The number of hydrogen-bond acceptors (Lipinski definition) is 3. The number of aryl methyl sites for hydroxylation is 1. The highest BCUT2D eigenvalue weighted by molar-refractivity contribution is 5.87. The molecule has 1 amide bonds. The molecule has 1 heterocycles. The van der Waals surface area contributed by atoms with E-state index in [0.717, 1.165) is 6.42 Å².